The molecule has 5 heteroatoms. The molecule has 0 N–H and O–H groups in total. The van der Waals surface area contributed by atoms with Crippen molar-refractivity contribution in [2.75, 3.05) is 6.61 Å². The van der Waals surface area contributed by atoms with E-state index in [0.717, 1.165) is 0 Å². The maximum Gasteiger partial charge on any atom is 0.292 e. The van der Waals surface area contributed by atoms with Crippen molar-refractivity contribution in [1.82, 2.24) is 10.1 Å². The fourth-order valence-corrected chi connectivity index (χ4v) is 0.500. The topological polar surface area (TPSA) is 60.5 Å². The zero-order valence-electron chi connectivity index (χ0n) is 6.44. The van der Waals surface area contributed by atoms with Crippen molar-refractivity contribution in [2.45, 2.75) is 13.8 Å². The van der Waals surface area contributed by atoms with Crippen LogP contribution in [0.2, 0.25) is 0 Å². The molecule has 0 aliphatic heterocycles. The predicted octanol–water partition coefficient (Wildman–Crippen LogP) is 1.07. The van der Waals surface area contributed by atoms with Crippen LogP contribution in [0.5, 0.6) is 0 Å². The third kappa shape index (κ3) is 2.37. The molecule has 0 amide bonds. The standard InChI is InChI=1S/C6H9N3O2/c1-3-10-4-7-6-8-5(2)11-9-6/h4H,3H2,1-2H3/b7-4+. The highest BCUT2D eigenvalue weighted by Crippen LogP contribution is 2.02. The maximum atomic E-state index is 4.83. The number of ether oxygens (including phenoxy) is 1. The zero-order chi connectivity index (χ0) is 8.10. The first-order valence-electron chi connectivity index (χ1n) is 3.27. The van der Waals surface area contributed by atoms with E-state index in [1.807, 2.05) is 6.92 Å². The van der Waals surface area contributed by atoms with Crippen LogP contribution in [0.4, 0.5) is 5.95 Å². The molecule has 0 aliphatic rings. The second-order valence-corrected chi connectivity index (χ2v) is 1.80. The molecule has 0 radical (unpaired) electrons. The van der Waals surface area contributed by atoms with Gasteiger partial charge >= 0.3 is 0 Å². The average Bonchev–Trinajstić information content (AvgIpc) is 2.37. The molecular formula is C6H9N3O2. The number of aromatic nitrogens is 2. The summed E-state index contributed by atoms with van der Waals surface area (Å²) in [6.45, 7) is 4.15. The predicted molar refractivity (Wildman–Crippen MR) is 38.8 cm³/mol. The summed E-state index contributed by atoms with van der Waals surface area (Å²) in [7, 11) is 0. The minimum absolute atomic E-state index is 0.288. The van der Waals surface area contributed by atoms with E-state index in [4.69, 9.17) is 4.74 Å². The van der Waals surface area contributed by atoms with Gasteiger partial charge in [0.15, 0.2) is 6.40 Å². The molecule has 60 valence electrons. The average molecular weight is 155 g/mol. The van der Waals surface area contributed by atoms with E-state index in [0.29, 0.717) is 12.5 Å². The molecule has 1 aromatic rings. The van der Waals surface area contributed by atoms with Crippen LogP contribution in [-0.2, 0) is 4.74 Å². The molecule has 1 rings (SSSR count). The number of aliphatic imine (C=N–C) groups is 1. The van der Waals surface area contributed by atoms with Gasteiger partial charge in [0.05, 0.1) is 6.61 Å². The van der Waals surface area contributed by atoms with Gasteiger partial charge in [-0.1, -0.05) is 0 Å². The van der Waals surface area contributed by atoms with Crippen molar-refractivity contribution in [3.05, 3.63) is 5.89 Å². The fourth-order valence-electron chi connectivity index (χ4n) is 0.500. The van der Waals surface area contributed by atoms with Gasteiger partial charge in [-0.05, 0) is 12.1 Å². The van der Waals surface area contributed by atoms with Crippen LogP contribution in [0.15, 0.2) is 9.52 Å². The van der Waals surface area contributed by atoms with Crippen molar-refractivity contribution < 1.29 is 9.26 Å². The van der Waals surface area contributed by atoms with Crippen LogP contribution in [0.25, 0.3) is 0 Å². The van der Waals surface area contributed by atoms with Crippen molar-refractivity contribution >= 4 is 12.3 Å². The summed E-state index contributed by atoms with van der Waals surface area (Å²) in [5, 5.41) is 3.52. The summed E-state index contributed by atoms with van der Waals surface area (Å²) in [6.07, 6.45) is 1.30. The highest BCUT2D eigenvalue weighted by atomic mass is 16.5. The van der Waals surface area contributed by atoms with Gasteiger partial charge in [-0.3, -0.25) is 0 Å². The maximum absolute atomic E-state index is 4.83. The largest absolute Gasteiger partial charge is 0.483 e. The van der Waals surface area contributed by atoms with Crippen molar-refractivity contribution in [2.24, 2.45) is 4.99 Å². The summed E-state index contributed by atoms with van der Waals surface area (Å²) in [4.78, 5) is 7.58. The molecule has 5 nitrogen and oxygen atoms in total. The number of hydrogen-bond acceptors (Lipinski definition) is 5. The third-order valence-electron chi connectivity index (χ3n) is 0.926. The number of nitrogens with zero attached hydrogens (tertiary/aromatic N) is 3. The Morgan fingerprint density at radius 1 is 1.73 bits per heavy atom. The van der Waals surface area contributed by atoms with Crippen molar-refractivity contribution in [3.63, 3.8) is 0 Å². The molecule has 0 fully saturated rings. The fraction of sp³-hybridized carbons (Fsp3) is 0.500. The van der Waals surface area contributed by atoms with E-state index in [9.17, 15) is 0 Å². The van der Waals surface area contributed by atoms with E-state index in [1.54, 1.807) is 6.92 Å². The molecule has 0 aliphatic carbocycles. The van der Waals surface area contributed by atoms with Crippen molar-refractivity contribution in [1.29, 1.82) is 0 Å². The SMILES string of the molecule is CCO/C=N/c1noc(C)n1. The first-order chi connectivity index (χ1) is 5.33. The number of hydrogen-bond donors (Lipinski definition) is 0. The Kier molecular flexibility index (Phi) is 2.59. The molecule has 0 bridgehead atoms. The summed E-state index contributed by atoms with van der Waals surface area (Å²) in [5.74, 6) is 0.782. The van der Waals surface area contributed by atoms with E-state index >= 15 is 0 Å². The number of aryl methyl sites for hydroxylation is 1. The Labute approximate surface area is 64.1 Å². The van der Waals surface area contributed by atoms with Gasteiger partial charge in [0.2, 0.25) is 5.89 Å². The lowest BCUT2D eigenvalue weighted by atomic mass is 10.8. The first-order valence-corrected chi connectivity index (χ1v) is 3.27. The molecule has 0 spiro atoms. The minimum atomic E-state index is 0.288. The van der Waals surface area contributed by atoms with Gasteiger partial charge in [-0.25, -0.2) is 0 Å². The van der Waals surface area contributed by atoms with Crippen LogP contribution in [0.3, 0.4) is 0 Å². The van der Waals surface area contributed by atoms with Gasteiger partial charge < -0.3 is 9.26 Å². The van der Waals surface area contributed by atoms with Gasteiger partial charge in [0.25, 0.3) is 5.95 Å². The Morgan fingerprint density at radius 3 is 3.09 bits per heavy atom. The lowest BCUT2D eigenvalue weighted by Gasteiger charge is -1.87. The van der Waals surface area contributed by atoms with Gasteiger partial charge in [0.1, 0.15) is 0 Å². The van der Waals surface area contributed by atoms with E-state index in [1.165, 1.54) is 6.40 Å². The highest BCUT2D eigenvalue weighted by molar-refractivity contribution is 5.50. The second-order valence-electron chi connectivity index (χ2n) is 1.80. The zero-order valence-corrected chi connectivity index (χ0v) is 6.44. The Morgan fingerprint density at radius 2 is 2.55 bits per heavy atom. The van der Waals surface area contributed by atoms with Crippen LogP contribution < -0.4 is 0 Å². The monoisotopic (exact) mass is 155 g/mol. The van der Waals surface area contributed by atoms with E-state index in [2.05, 4.69) is 19.7 Å². The van der Waals surface area contributed by atoms with E-state index in [-0.39, 0.29) is 5.95 Å². The van der Waals surface area contributed by atoms with Crippen molar-refractivity contribution in [3.8, 4) is 0 Å². The van der Waals surface area contributed by atoms with Gasteiger partial charge in [-0.15, -0.1) is 0 Å². The molecule has 11 heavy (non-hydrogen) atoms. The Bertz CT molecular complexity index is 244. The lowest BCUT2D eigenvalue weighted by molar-refractivity contribution is 0.343. The molecule has 0 atom stereocenters. The van der Waals surface area contributed by atoms with Crippen LogP contribution >= 0.6 is 0 Å². The van der Waals surface area contributed by atoms with Crippen LogP contribution in [0, 0.1) is 6.92 Å². The summed E-state index contributed by atoms with van der Waals surface area (Å²) in [6, 6.07) is 0. The van der Waals surface area contributed by atoms with E-state index < -0.39 is 0 Å². The Balaban J connectivity index is 2.50. The second kappa shape index (κ2) is 3.70. The summed E-state index contributed by atoms with van der Waals surface area (Å²) < 4.78 is 9.50. The van der Waals surface area contributed by atoms with Crippen LogP contribution in [0.1, 0.15) is 12.8 Å². The Hall–Kier alpha value is -1.39. The molecule has 0 aromatic carbocycles. The summed E-state index contributed by atoms with van der Waals surface area (Å²) in [5.41, 5.74) is 0. The molecule has 1 heterocycles. The lowest BCUT2D eigenvalue weighted by Crippen LogP contribution is -1.83. The van der Waals surface area contributed by atoms with Gasteiger partial charge in [-0.2, -0.15) is 9.98 Å². The molecule has 1 aromatic heterocycles. The molecular weight excluding hydrogens is 146 g/mol. The normalized spacial score (nSPS) is 10.7. The molecule has 0 unspecified atom stereocenters. The van der Waals surface area contributed by atoms with Crippen LogP contribution in [-0.4, -0.2) is 23.1 Å². The third-order valence-corrected chi connectivity index (χ3v) is 0.926. The summed E-state index contributed by atoms with van der Waals surface area (Å²) >= 11 is 0. The first kappa shape index (κ1) is 7.71. The van der Waals surface area contributed by atoms with Gasteiger partial charge in [0, 0.05) is 6.92 Å². The molecule has 0 saturated carbocycles. The quantitative estimate of drug-likeness (QED) is 0.484. The highest BCUT2D eigenvalue weighted by Gasteiger charge is 1.96. The minimum Gasteiger partial charge on any atom is -0.483 e. The molecule has 0 saturated heterocycles. The number of rotatable bonds is 3. The smallest absolute Gasteiger partial charge is 0.292 e.